The second-order valence-corrected chi connectivity index (χ2v) is 7.40. The zero-order valence-electron chi connectivity index (χ0n) is 14.9. The Morgan fingerprint density at radius 3 is 2.76 bits per heavy atom. The Morgan fingerprint density at radius 2 is 2.04 bits per heavy atom. The van der Waals surface area contributed by atoms with Gasteiger partial charge in [0.1, 0.15) is 5.75 Å². The summed E-state index contributed by atoms with van der Waals surface area (Å²) in [6, 6.07) is 16.2. The number of benzene rings is 2. The molecule has 0 aliphatic carbocycles. The number of carbonyl (C=O) groups is 1. The number of Topliss-reactive ketones (excluding diaryl/α,β-unsaturated/α-hetero) is 1. The minimum atomic E-state index is 0.0967. The third kappa shape index (κ3) is 4.65. The number of rotatable bonds is 6. The Kier molecular flexibility index (Phi) is 6.16. The molecule has 25 heavy (non-hydrogen) atoms. The Labute approximate surface area is 154 Å². The average molecular weight is 356 g/mol. The molecule has 0 amide bonds. The van der Waals surface area contributed by atoms with Gasteiger partial charge in [-0.2, -0.15) is 0 Å². The summed E-state index contributed by atoms with van der Waals surface area (Å²) in [4.78, 5) is 16.4. The number of piperidine rings is 1. The van der Waals surface area contributed by atoms with Crippen molar-refractivity contribution in [2.75, 3.05) is 26.5 Å². The van der Waals surface area contributed by atoms with Gasteiger partial charge in [0.05, 0.1) is 7.11 Å². The smallest absolute Gasteiger partial charge is 0.167 e. The summed E-state index contributed by atoms with van der Waals surface area (Å²) < 4.78 is 5.31. The van der Waals surface area contributed by atoms with Crippen molar-refractivity contribution < 1.29 is 9.53 Å². The van der Waals surface area contributed by atoms with E-state index in [1.54, 1.807) is 18.9 Å². The molecule has 1 heterocycles. The first kappa shape index (κ1) is 18.0. The average Bonchev–Trinajstić information content (AvgIpc) is 2.68. The highest BCUT2D eigenvalue weighted by molar-refractivity contribution is 7.98. The van der Waals surface area contributed by atoms with E-state index >= 15 is 0 Å². The van der Waals surface area contributed by atoms with Gasteiger partial charge in [0.15, 0.2) is 5.78 Å². The second-order valence-electron chi connectivity index (χ2n) is 6.52. The van der Waals surface area contributed by atoms with Gasteiger partial charge in [0.2, 0.25) is 0 Å². The van der Waals surface area contributed by atoms with E-state index in [4.69, 9.17) is 4.74 Å². The topological polar surface area (TPSA) is 29.5 Å². The van der Waals surface area contributed by atoms with E-state index in [-0.39, 0.29) is 11.7 Å². The van der Waals surface area contributed by atoms with Gasteiger partial charge in [-0.3, -0.25) is 9.69 Å². The molecule has 1 fully saturated rings. The van der Waals surface area contributed by atoms with Crippen LogP contribution in [0.3, 0.4) is 0 Å². The highest BCUT2D eigenvalue weighted by atomic mass is 32.2. The van der Waals surface area contributed by atoms with Crippen molar-refractivity contribution in [3.05, 3.63) is 59.7 Å². The summed E-state index contributed by atoms with van der Waals surface area (Å²) in [6.07, 6.45) is 4.11. The van der Waals surface area contributed by atoms with Gasteiger partial charge in [-0.15, -0.1) is 11.8 Å². The molecule has 0 spiro atoms. The van der Waals surface area contributed by atoms with E-state index < -0.39 is 0 Å². The van der Waals surface area contributed by atoms with Crippen molar-refractivity contribution in [1.82, 2.24) is 4.90 Å². The molecule has 4 heteroatoms. The zero-order valence-corrected chi connectivity index (χ0v) is 15.7. The molecule has 1 aliphatic heterocycles. The first-order chi connectivity index (χ1) is 12.2. The highest BCUT2D eigenvalue weighted by Crippen LogP contribution is 2.24. The van der Waals surface area contributed by atoms with Gasteiger partial charge in [0, 0.05) is 29.5 Å². The van der Waals surface area contributed by atoms with Crippen LogP contribution in [0.2, 0.25) is 0 Å². The molecule has 2 aromatic rings. The Balaban J connectivity index is 1.64. The van der Waals surface area contributed by atoms with Gasteiger partial charge in [-0.1, -0.05) is 24.3 Å². The zero-order chi connectivity index (χ0) is 17.6. The number of hydrogen-bond acceptors (Lipinski definition) is 4. The van der Waals surface area contributed by atoms with E-state index in [0.29, 0.717) is 0 Å². The molecule has 132 valence electrons. The van der Waals surface area contributed by atoms with Crippen LogP contribution in [0.15, 0.2) is 53.4 Å². The lowest BCUT2D eigenvalue weighted by atomic mass is 9.90. The van der Waals surface area contributed by atoms with Gasteiger partial charge < -0.3 is 4.74 Å². The number of thioether (sulfide) groups is 1. The highest BCUT2D eigenvalue weighted by Gasteiger charge is 2.26. The number of nitrogens with zero attached hydrogens (tertiary/aromatic N) is 1. The Hall–Kier alpha value is -1.78. The van der Waals surface area contributed by atoms with Crippen LogP contribution >= 0.6 is 11.8 Å². The molecule has 1 atom stereocenters. The first-order valence-corrected chi connectivity index (χ1v) is 9.95. The van der Waals surface area contributed by atoms with Gasteiger partial charge >= 0.3 is 0 Å². The molecule has 1 aliphatic rings. The van der Waals surface area contributed by atoms with E-state index in [9.17, 15) is 4.79 Å². The number of methoxy groups -OCH3 is 1. The lowest BCUT2D eigenvalue weighted by Crippen LogP contribution is -2.38. The Morgan fingerprint density at radius 1 is 1.24 bits per heavy atom. The van der Waals surface area contributed by atoms with Crippen molar-refractivity contribution in [3.8, 4) is 5.75 Å². The largest absolute Gasteiger partial charge is 0.497 e. The molecule has 2 aromatic carbocycles. The van der Waals surface area contributed by atoms with E-state index in [0.717, 1.165) is 43.8 Å². The maximum atomic E-state index is 12.8. The summed E-state index contributed by atoms with van der Waals surface area (Å²) in [5.41, 5.74) is 2.07. The number of ketones is 1. The number of likely N-dealkylation sites (tertiary alicyclic amines) is 1. The monoisotopic (exact) mass is 355 g/mol. The quantitative estimate of drug-likeness (QED) is 0.563. The second kappa shape index (κ2) is 8.54. The van der Waals surface area contributed by atoms with Crippen molar-refractivity contribution in [3.63, 3.8) is 0 Å². The molecule has 0 saturated carbocycles. The summed E-state index contributed by atoms with van der Waals surface area (Å²) in [5.74, 6) is 1.26. The van der Waals surface area contributed by atoms with E-state index in [1.807, 2.05) is 36.4 Å². The number of ether oxygens (including phenoxy) is 1. The van der Waals surface area contributed by atoms with Crippen LogP contribution in [0.25, 0.3) is 0 Å². The van der Waals surface area contributed by atoms with Crippen LogP contribution in [0, 0.1) is 5.92 Å². The molecular formula is C21H25NO2S. The van der Waals surface area contributed by atoms with Crippen LogP contribution in [0.5, 0.6) is 5.75 Å². The third-order valence-electron chi connectivity index (χ3n) is 4.79. The van der Waals surface area contributed by atoms with Crippen LogP contribution < -0.4 is 4.74 Å². The molecule has 0 aromatic heterocycles. The number of carbonyl (C=O) groups excluding carboxylic acids is 1. The molecule has 0 N–H and O–H groups in total. The normalized spacial score (nSPS) is 18.1. The molecule has 3 rings (SSSR count). The maximum absolute atomic E-state index is 12.8. The predicted molar refractivity (Wildman–Crippen MR) is 104 cm³/mol. The molecule has 3 nitrogen and oxygen atoms in total. The van der Waals surface area contributed by atoms with Crippen molar-refractivity contribution in [2.45, 2.75) is 24.3 Å². The van der Waals surface area contributed by atoms with Gasteiger partial charge in [-0.25, -0.2) is 0 Å². The third-order valence-corrected chi connectivity index (χ3v) is 5.53. The van der Waals surface area contributed by atoms with Gasteiger partial charge in [0.25, 0.3) is 0 Å². The first-order valence-electron chi connectivity index (χ1n) is 8.73. The summed E-state index contributed by atoms with van der Waals surface area (Å²) in [5, 5.41) is 0. The lowest BCUT2D eigenvalue weighted by molar-refractivity contribution is 0.0811. The molecule has 0 radical (unpaired) electrons. The van der Waals surface area contributed by atoms with Gasteiger partial charge in [-0.05, 0) is 55.5 Å². The van der Waals surface area contributed by atoms with Crippen molar-refractivity contribution in [1.29, 1.82) is 0 Å². The lowest BCUT2D eigenvalue weighted by Gasteiger charge is -2.32. The predicted octanol–water partition coefficient (Wildman–Crippen LogP) is 4.51. The van der Waals surface area contributed by atoms with E-state index in [1.165, 1.54) is 10.5 Å². The van der Waals surface area contributed by atoms with E-state index in [2.05, 4.69) is 23.3 Å². The standard InChI is InChI=1S/C21H25NO2S/c1-24-19-7-3-5-16(13-19)14-22-12-4-6-18(15-22)21(23)17-8-10-20(25-2)11-9-17/h3,5,7-11,13,18H,4,6,12,14-15H2,1-2H3/t18-/m0/s1. The molecule has 0 bridgehead atoms. The van der Waals surface area contributed by atoms with Crippen molar-refractivity contribution >= 4 is 17.5 Å². The summed E-state index contributed by atoms with van der Waals surface area (Å²) >= 11 is 1.70. The summed E-state index contributed by atoms with van der Waals surface area (Å²) in [7, 11) is 1.69. The molecule has 0 unspecified atom stereocenters. The molecular weight excluding hydrogens is 330 g/mol. The fourth-order valence-corrected chi connectivity index (χ4v) is 3.84. The molecule has 1 saturated heterocycles. The Bertz CT molecular complexity index is 714. The minimum Gasteiger partial charge on any atom is -0.497 e. The fraction of sp³-hybridized carbons (Fsp3) is 0.381. The number of hydrogen-bond donors (Lipinski definition) is 0. The SMILES string of the molecule is COc1cccc(CN2CCC[C@H](C(=O)c3ccc(SC)cc3)C2)c1. The minimum absolute atomic E-state index is 0.0967. The van der Waals surface area contributed by atoms with Crippen LogP contribution in [0.1, 0.15) is 28.8 Å². The van der Waals surface area contributed by atoms with Crippen LogP contribution in [-0.2, 0) is 6.54 Å². The van der Waals surface area contributed by atoms with Crippen LogP contribution in [0.4, 0.5) is 0 Å². The maximum Gasteiger partial charge on any atom is 0.167 e. The summed E-state index contributed by atoms with van der Waals surface area (Å²) in [6.45, 7) is 2.75. The van der Waals surface area contributed by atoms with Crippen LogP contribution in [-0.4, -0.2) is 37.1 Å². The van der Waals surface area contributed by atoms with Crippen molar-refractivity contribution in [2.24, 2.45) is 5.92 Å². The fourth-order valence-electron chi connectivity index (χ4n) is 3.43.